The van der Waals surface area contributed by atoms with Gasteiger partial charge in [-0.3, -0.25) is 10.1 Å². The Morgan fingerprint density at radius 3 is 2.70 bits per heavy atom. The van der Waals surface area contributed by atoms with E-state index in [1.807, 2.05) is 25.1 Å². The topological polar surface area (TPSA) is 91.4 Å². The normalized spacial score (nSPS) is 15.2. The molecule has 0 aromatic carbocycles. The van der Waals surface area contributed by atoms with E-state index in [1.165, 1.54) is 6.07 Å². The molecule has 0 bridgehead atoms. The highest BCUT2D eigenvalue weighted by Crippen LogP contribution is 2.43. The first-order valence-electron chi connectivity index (χ1n) is 11.3. The molecule has 7 nitrogen and oxygen atoms in total. The van der Waals surface area contributed by atoms with E-state index in [1.54, 1.807) is 18.3 Å². The predicted molar refractivity (Wildman–Crippen MR) is 131 cm³/mol. The summed E-state index contributed by atoms with van der Waals surface area (Å²) in [7, 11) is 0. The van der Waals surface area contributed by atoms with Gasteiger partial charge in [-0.15, -0.1) is 10.2 Å². The third-order valence-electron chi connectivity index (χ3n) is 6.07. The summed E-state index contributed by atoms with van der Waals surface area (Å²) in [5, 5.41) is 22.8. The molecular weight excluding hydrogens is 417 g/mol. The van der Waals surface area contributed by atoms with Crippen LogP contribution < -0.4 is 10.6 Å². The molecule has 3 heterocycles. The lowest BCUT2D eigenvalue weighted by molar-refractivity contribution is 0.243. The van der Waals surface area contributed by atoms with Crippen LogP contribution in [-0.2, 0) is 5.41 Å². The lowest BCUT2D eigenvalue weighted by Crippen LogP contribution is -2.42. The average molecular weight is 448 g/mol. The highest BCUT2D eigenvalue weighted by atomic mass is 19.1. The van der Waals surface area contributed by atoms with Crippen molar-refractivity contribution < 1.29 is 4.39 Å². The first-order valence-corrected chi connectivity index (χ1v) is 11.3. The van der Waals surface area contributed by atoms with E-state index < -0.39 is 0 Å². The predicted octanol–water partition coefficient (Wildman–Crippen LogP) is 5.29. The number of nitrogens with zero attached hydrogens (tertiary/aromatic N) is 4. The molecule has 8 heteroatoms. The third kappa shape index (κ3) is 4.79. The molecule has 0 unspecified atom stereocenters. The van der Waals surface area contributed by atoms with Crippen LogP contribution >= 0.6 is 0 Å². The molecular formula is C25H30FN7. The van der Waals surface area contributed by atoms with Gasteiger partial charge in [0, 0.05) is 29.8 Å². The van der Waals surface area contributed by atoms with Gasteiger partial charge in [0.05, 0.1) is 17.1 Å². The molecule has 1 fully saturated rings. The molecule has 4 rings (SSSR count). The van der Waals surface area contributed by atoms with Gasteiger partial charge in [0.25, 0.3) is 0 Å². The fraction of sp³-hybridized carbons (Fsp3) is 0.360. The Kier molecular flexibility index (Phi) is 6.53. The van der Waals surface area contributed by atoms with Crippen LogP contribution in [0.3, 0.4) is 0 Å². The molecule has 33 heavy (non-hydrogen) atoms. The molecule has 0 aliphatic heterocycles. The van der Waals surface area contributed by atoms with Gasteiger partial charge in [-0.05, 0) is 75.6 Å². The smallest absolute Gasteiger partial charge is 0.155 e. The van der Waals surface area contributed by atoms with Crippen molar-refractivity contribution in [1.29, 1.82) is 0 Å². The Bertz CT molecular complexity index is 1140. The number of nitrogens with one attached hydrogen (secondary N) is 3. The molecule has 0 amide bonds. The minimum atomic E-state index is -0.288. The Hall–Kier alpha value is -3.55. The van der Waals surface area contributed by atoms with E-state index in [0.717, 1.165) is 47.6 Å². The second-order valence-corrected chi connectivity index (χ2v) is 8.86. The number of aromatic nitrogens is 5. The van der Waals surface area contributed by atoms with Crippen molar-refractivity contribution in [3.63, 3.8) is 0 Å². The van der Waals surface area contributed by atoms with Crippen molar-refractivity contribution in [2.75, 3.05) is 17.2 Å². The van der Waals surface area contributed by atoms with Gasteiger partial charge in [0.15, 0.2) is 5.82 Å². The number of anilines is 2. The molecule has 3 N–H and O–H groups in total. The Balaban J connectivity index is 1.48. The molecule has 3 aromatic rings. The van der Waals surface area contributed by atoms with Crippen LogP contribution in [0.25, 0.3) is 17.7 Å². The van der Waals surface area contributed by atoms with Crippen LogP contribution in [0.1, 0.15) is 62.7 Å². The molecule has 172 valence electrons. The summed E-state index contributed by atoms with van der Waals surface area (Å²) in [6.07, 6.45) is 8.31. The number of halogens is 1. The second-order valence-electron chi connectivity index (χ2n) is 8.86. The second kappa shape index (κ2) is 9.52. The summed E-state index contributed by atoms with van der Waals surface area (Å²) in [4.78, 5) is 4.32. The van der Waals surface area contributed by atoms with E-state index in [9.17, 15) is 4.39 Å². The van der Waals surface area contributed by atoms with Gasteiger partial charge in [-0.2, -0.15) is 5.10 Å². The molecule has 0 radical (unpaired) electrons. The minimum Gasteiger partial charge on any atom is -0.368 e. The maximum atomic E-state index is 14.3. The fourth-order valence-corrected chi connectivity index (χ4v) is 4.11. The van der Waals surface area contributed by atoms with Crippen LogP contribution in [0, 0.1) is 5.82 Å². The zero-order valence-corrected chi connectivity index (χ0v) is 19.3. The van der Waals surface area contributed by atoms with Crippen molar-refractivity contribution in [1.82, 2.24) is 25.4 Å². The van der Waals surface area contributed by atoms with Crippen LogP contribution in [0.2, 0.25) is 0 Å². The summed E-state index contributed by atoms with van der Waals surface area (Å²) in [6.45, 7) is 10.6. The Labute approximate surface area is 193 Å². The van der Waals surface area contributed by atoms with Crippen LogP contribution in [0.5, 0.6) is 0 Å². The summed E-state index contributed by atoms with van der Waals surface area (Å²) in [5.74, 6) is 1.19. The van der Waals surface area contributed by atoms with E-state index in [0.29, 0.717) is 18.1 Å². The number of aromatic amines is 1. The van der Waals surface area contributed by atoms with Crippen LogP contribution in [0.15, 0.2) is 37.0 Å². The number of H-pyrrole nitrogens is 1. The van der Waals surface area contributed by atoms with E-state index in [4.69, 9.17) is 0 Å². The van der Waals surface area contributed by atoms with Crippen molar-refractivity contribution in [2.24, 2.45) is 0 Å². The lowest BCUT2D eigenvalue weighted by atomic mass is 9.66. The zero-order valence-electron chi connectivity index (χ0n) is 19.3. The Morgan fingerprint density at radius 1 is 1.27 bits per heavy atom. The molecule has 3 aromatic heterocycles. The van der Waals surface area contributed by atoms with Crippen molar-refractivity contribution >= 4 is 29.4 Å². The lowest BCUT2D eigenvalue weighted by Gasteiger charge is -2.41. The largest absolute Gasteiger partial charge is 0.368 e. The molecule has 1 aliphatic rings. The van der Waals surface area contributed by atoms with Crippen molar-refractivity contribution in [2.45, 2.75) is 51.5 Å². The maximum Gasteiger partial charge on any atom is 0.155 e. The number of hydrogen-bond donors (Lipinski definition) is 3. The first kappa shape index (κ1) is 22.6. The number of hydrogen-bond acceptors (Lipinski definition) is 6. The van der Waals surface area contributed by atoms with Crippen LogP contribution in [0.4, 0.5) is 16.0 Å². The maximum absolute atomic E-state index is 14.3. The number of allylic oxidation sites excluding steroid dienone is 1. The summed E-state index contributed by atoms with van der Waals surface area (Å²) in [5.41, 5.74) is 3.75. The molecule has 1 saturated carbocycles. The highest BCUT2D eigenvalue weighted by Gasteiger charge is 2.41. The van der Waals surface area contributed by atoms with Crippen LogP contribution in [-0.4, -0.2) is 38.0 Å². The van der Waals surface area contributed by atoms with Gasteiger partial charge < -0.3 is 10.6 Å². The van der Waals surface area contributed by atoms with E-state index in [-0.39, 0.29) is 17.3 Å². The van der Waals surface area contributed by atoms with Gasteiger partial charge in [0.2, 0.25) is 0 Å². The summed E-state index contributed by atoms with van der Waals surface area (Å²) >= 11 is 0. The standard InChI is InChI=1S/C25H30FN7/c1-5-20-18(24(33-30-20)29-16(2)3)14-17(4)21-9-10-22(32-31-21)28-15-25(11-7-12-25)23-19(26)8-6-13-27-23/h5-6,8-10,13-14,16H,1,7,11-12,15H2,2-4H3,(H,28,32)(H2,29,30,33)/b17-14+. The summed E-state index contributed by atoms with van der Waals surface area (Å²) < 4.78 is 14.3. The van der Waals surface area contributed by atoms with E-state index in [2.05, 4.69) is 56.4 Å². The van der Waals surface area contributed by atoms with Gasteiger partial charge >= 0.3 is 0 Å². The number of pyridine rings is 1. The van der Waals surface area contributed by atoms with Gasteiger partial charge in [0.1, 0.15) is 11.6 Å². The Morgan fingerprint density at radius 2 is 2.09 bits per heavy atom. The van der Waals surface area contributed by atoms with Crippen molar-refractivity contribution in [3.05, 3.63) is 65.5 Å². The van der Waals surface area contributed by atoms with Gasteiger partial charge in [-0.1, -0.05) is 13.0 Å². The molecule has 0 spiro atoms. The number of rotatable bonds is 9. The molecule has 0 saturated heterocycles. The SMILES string of the molecule is C=Cc1[nH]nc(NC(C)C)c1/C=C(\C)c1ccc(NCC2(c3ncccc3F)CCC2)nn1. The van der Waals surface area contributed by atoms with Gasteiger partial charge in [-0.25, -0.2) is 4.39 Å². The van der Waals surface area contributed by atoms with E-state index >= 15 is 0 Å². The van der Waals surface area contributed by atoms with Crippen molar-refractivity contribution in [3.8, 4) is 0 Å². The molecule has 1 aliphatic carbocycles. The third-order valence-corrected chi connectivity index (χ3v) is 6.07. The summed E-state index contributed by atoms with van der Waals surface area (Å²) in [6, 6.07) is 7.19. The molecule has 0 atom stereocenters. The first-order chi connectivity index (χ1) is 15.9. The minimum absolute atomic E-state index is 0.245. The quantitative estimate of drug-likeness (QED) is 0.413. The average Bonchev–Trinajstić information content (AvgIpc) is 3.15. The highest BCUT2D eigenvalue weighted by molar-refractivity contribution is 5.85. The zero-order chi connectivity index (χ0) is 23.4. The monoisotopic (exact) mass is 447 g/mol. The fourth-order valence-electron chi connectivity index (χ4n) is 4.11.